The minimum absolute atomic E-state index is 0.101. The lowest BCUT2D eigenvalue weighted by atomic mass is 10.1. The van der Waals surface area contributed by atoms with Crippen molar-refractivity contribution < 1.29 is 14.6 Å². The van der Waals surface area contributed by atoms with Crippen molar-refractivity contribution in [3.8, 4) is 0 Å². The number of alkyl halides is 1. The van der Waals surface area contributed by atoms with Crippen LogP contribution in [0.1, 0.15) is 19.3 Å². The maximum atomic E-state index is 12.9. The molecule has 3 heteroatoms. The standard InChI is InChI=1S/C6H11FO2/c7-6(4-8)2-1-5(9)3-6/h5,8-9H,1-4H2/t5-,6+/m0/s1. The molecular formula is C6H11FO2. The predicted octanol–water partition coefficient (Wildman–Crippen LogP) is 0.232. The fourth-order valence-corrected chi connectivity index (χ4v) is 1.20. The molecule has 0 saturated heterocycles. The monoisotopic (exact) mass is 134 g/mol. The second-order valence-corrected chi connectivity index (χ2v) is 2.71. The van der Waals surface area contributed by atoms with Crippen molar-refractivity contribution in [2.24, 2.45) is 0 Å². The number of hydrogen-bond acceptors (Lipinski definition) is 2. The Bertz CT molecular complexity index is 107. The summed E-state index contributed by atoms with van der Waals surface area (Å²) in [5, 5.41) is 17.3. The van der Waals surface area contributed by atoms with E-state index in [1.54, 1.807) is 0 Å². The van der Waals surface area contributed by atoms with Crippen molar-refractivity contribution in [3.05, 3.63) is 0 Å². The van der Waals surface area contributed by atoms with Crippen LogP contribution in [-0.4, -0.2) is 28.6 Å². The van der Waals surface area contributed by atoms with Crippen LogP contribution in [0.2, 0.25) is 0 Å². The summed E-state index contributed by atoms with van der Waals surface area (Å²) in [7, 11) is 0. The van der Waals surface area contributed by atoms with Gasteiger partial charge in [0.25, 0.3) is 0 Å². The van der Waals surface area contributed by atoms with Gasteiger partial charge in [-0.1, -0.05) is 0 Å². The Morgan fingerprint density at radius 1 is 1.67 bits per heavy atom. The molecular weight excluding hydrogens is 123 g/mol. The van der Waals surface area contributed by atoms with E-state index in [1.807, 2.05) is 0 Å². The first-order valence-electron chi connectivity index (χ1n) is 3.14. The zero-order chi connectivity index (χ0) is 6.91. The topological polar surface area (TPSA) is 40.5 Å². The molecule has 0 radical (unpaired) electrons. The summed E-state index contributed by atoms with van der Waals surface area (Å²) in [6.45, 7) is -0.454. The van der Waals surface area contributed by atoms with Gasteiger partial charge in [0.15, 0.2) is 0 Å². The van der Waals surface area contributed by atoms with Gasteiger partial charge in [0.1, 0.15) is 5.67 Å². The predicted molar refractivity (Wildman–Crippen MR) is 30.8 cm³/mol. The maximum absolute atomic E-state index is 12.9. The smallest absolute Gasteiger partial charge is 0.136 e. The molecule has 0 bridgehead atoms. The molecule has 9 heavy (non-hydrogen) atoms. The molecule has 0 aromatic carbocycles. The average Bonchev–Trinajstić information content (AvgIpc) is 2.13. The fourth-order valence-electron chi connectivity index (χ4n) is 1.20. The lowest BCUT2D eigenvalue weighted by Crippen LogP contribution is -2.24. The van der Waals surface area contributed by atoms with Crippen molar-refractivity contribution in [2.75, 3.05) is 6.61 Å². The van der Waals surface area contributed by atoms with Crippen LogP contribution in [0.5, 0.6) is 0 Å². The SMILES string of the molecule is OC[C@@]1(F)CC[C@H](O)C1. The minimum Gasteiger partial charge on any atom is -0.393 e. The Labute approximate surface area is 53.3 Å². The Hall–Kier alpha value is -0.150. The number of aliphatic hydroxyl groups excluding tert-OH is 2. The van der Waals surface area contributed by atoms with Gasteiger partial charge in [-0.25, -0.2) is 4.39 Å². The highest BCUT2D eigenvalue weighted by molar-refractivity contribution is 4.88. The second-order valence-electron chi connectivity index (χ2n) is 2.71. The van der Waals surface area contributed by atoms with Gasteiger partial charge in [-0.15, -0.1) is 0 Å². The first-order chi connectivity index (χ1) is 4.16. The molecule has 0 amide bonds. The van der Waals surface area contributed by atoms with E-state index in [4.69, 9.17) is 10.2 Å². The van der Waals surface area contributed by atoms with E-state index in [2.05, 4.69) is 0 Å². The van der Waals surface area contributed by atoms with Crippen molar-refractivity contribution in [1.82, 2.24) is 0 Å². The van der Waals surface area contributed by atoms with E-state index in [0.717, 1.165) is 0 Å². The van der Waals surface area contributed by atoms with Gasteiger partial charge >= 0.3 is 0 Å². The van der Waals surface area contributed by atoms with Gasteiger partial charge in [0, 0.05) is 6.42 Å². The molecule has 1 aliphatic rings. The summed E-state index contributed by atoms with van der Waals surface area (Å²) in [5.74, 6) is 0. The quantitative estimate of drug-likeness (QED) is 0.539. The summed E-state index contributed by atoms with van der Waals surface area (Å²) >= 11 is 0. The fraction of sp³-hybridized carbons (Fsp3) is 1.00. The zero-order valence-electron chi connectivity index (χ0n) is 5.18. The molecule has 2 atom stereocenters. The van der Waals surface area contributed by atoms with E-state index < -0.39 is 18.4 Å². The second kappa shape index (κ2) is 2.23. The molecule has 0 spiro atoms. The number of aliphatic hydroxyl groups is 2. The molecule has 0 aromatic rings. The van der Waals surface area contributed by atoms with Gasteiger partial charge in [0.2, 0.25) is 0 Å². The van der Waals surface area contributed by atoms with Crippen molar-refractivity contribution in [2.45, 2.75) is 31.0 Å². The maximum Gasteiger partial charge on any atom is 0.136 e. The van der Waals surface area contributed by atoms with Crippen molar-refractivity contribution in [3.63, 3.8) is 0 Å². The molecule has 1 saturated carbocycles. The average molecular weight is 134 g/mol. The van der Waals surface area contributed by atoms with Gasteiger partial charge in [0.05, 0.1) is 12.7 Å². The molecule has 1 rings (SSSR count). The third kappa shape index (κ3) is 1.40. The molecule has 2 N–H and O–H groups in total. The van der Waals surface area contributed by atoms with Crippen LogP contribution in [-0.2, 0) is 0 Å². The molecule has 0 heterocycles. The first kappa shape index (κ1) is 6.96. The number of hydrogen-bond donors (Lipinski definition) is 2. The minimum atomic E-state index is -1.49. The van der Waals surface area contributed by atoms with Crippen LogP contribution in [0.15, 0.2) is 0 Å². The highest BCUT2D eigenvalue weighted by atomic mass is 19.1. The van der Waals surface area contributed by atoms with Crippen LogP contribution in [0, 0.1) is 0 Å². The summed E-state index contributed by atoms with van der Waals surface area (Å²) in [5.41, 5.74) is -1.49. The van der Waals surface area contributed by atoms with Gasteiger partial charge < -0.3 is 10.2 Å². The van der Waals surface area contributed by atoms with E-state index in [1.165, 1.54) is 0 Å². The normalized spacial score (nSPS) is 43.7. The van der Waals surface area contributed by atoms with Gasteiger partial charge in [-0.2, -0.15) is 0 Å². The third-order valence-electron chi connectivity index (χ3n) is 1.81. The van der Waals surface area contributed by atoms with Crippen molar-refractivity contribution in [1.29, 1.82) is 0 Å². The summed E-state index contributed by atoms with van der Waals surface area (Å²) in [4.78, 5) is 0. The molecule has 54 valence electrons. The number of halogens is 1. The van der Waals surface area contributed by atoms with E-state index in [-0.39, 0.29) is 6.42 Å². The Morgan fingerprint density at radius 3 is 2.56 bits per heavy atom. The highest BCUT2D eigenvalue weighted by Gasteiger charge is 2.37. The summed E-state index contributed by atoms with van der Waals surface area (Å²) < 4.78 is 12.9. The molecule has 2 nitrogen and oxygen atoms in total. The Kier molecular flexibility index (Phi) is 1.73. The van der Waals surface area contributed by atoms with E-state index in [0.29, 0.717) is 12.8 Å². The van der Waals surface area contributed by atoms with Crippen molar-refractivity contribution >= 4 is 0 Å². The van der Waals surface area contributed by atoms with Crippen LogP contribution in [0.4, 0.5) is 4.39 Å². The lowest BCUT2D eigenvalue weighted by Gasteiger charge is -2.13. The molecule has 0 unspecified atom stereocenters. The highest BCUT2D eigenvalue weighted by Crippen LogP contribution is 2.32. The van der Waals surface area contributed by atoms with E-state index in [9.17, 15) is 4.39 Å². The summed E-state index contributed by atoms with van der Waals surface area (Å²) in [6.07, 6.45) is 0.341. The van der Waals surface area contributed by atoms with Gasteiger partial charge in [-0.3, -0.25) is 0 Å². The van der Waals surface area contributed by atoms with Gasteiger partial charge in [-0.05, 0) is 12.8 Å². The Morgan fingerprint density at radius 2 is 2.33 bits per heavy atom. The third-order valence-corrected chi connectivity index (χ3v) is 1.81. The molecule has 1 fully saturated rings. The van der Waals surface area contributed by atoms with Crippen LogP contribution in [0.25, 0.3) is 0 Å². The first-order valence-corrected chi connectivity index (χ1v) is 3.14. The molecule has 1 aliphatic carbocycles. The van der Waals surface area contributed by atoms with Crippen LogP contribution < -0.4 is 0 Å². The van der Waals surface area contributed by atoms with Crippen LogP contribution in [0.3, 0.4) is 0 Å². The molecule has 0 aliphatic heterocycles. The zero-order valence-corrected chi connectivity index (χ0v) is 5.18. The van der Waals surface area contributed by atoms with E-state index >= 15 is 0 Å². The summed E-state index contributed by atoms with van der Waals surface area (Å²) in [6, 6.07) is 0. The number of rotatable bonds is 1. The largest absolute Gasteiger partial charge is 0.393 e. The lowest BCUT2D eigenvalue weighted by molar-refractivity contribution is 0.0607. The Balaban J connectivity index is 2.45. The molecule has 0 aromatic heterocycles. The van der Waals surface area contributed by atoms with Crippen LogP contribution >= 0.6 is 0 Å².